The summed E-state index contributed by atoms with van der Waals surface area (Å²) in [5.41, 5.74) is 5.47. The second-order valence-corrected chi connectivity index (χ2v) is 4.22. The predicted molar refractivity (Wildman–Crippen MR) is 66.1 cm³/mol. The summed E-state index contributed by atoms with van der Waals surface area (Å²) in [6.45, 7) is 0. The third kappa shape index (κ3) is 2.82. The fourth-order valence-electron chi connectivity index (χ4n) is 1.87. The first-order chi connectivity index (χ1) is 9.01. The number of amides is 2. The molecule has 0 radical (unpaired) electrons. The zero-order valence-corrected chi connectivity index (χ0v) is 10.3. The Kier molecular flexibility index (Phi) is 3.66. The Morgan fingerprint density at radius 1 is 1.63 bits per heavy atom. The summed E-state index contributed by atoms with van der Waals surface area (Å²) in [6.07, 6.45) is -0.739. The van der Waals surface area contributed by atoms with E-state index >= 15 is 0 Å². The molecule has 2 amide bonds. The van der Waals surface area contributed by atoms with E-state index in [4.69, 9.17) is 10.5 Å². The Balaban J connectivity index is 2.15. The summed E-state index contributed by atoms with van der Waals surface area (Å²) in [5, 5.41) is 5.24. The summed E-state index contributed by atoms with van der Waals surface area (Å²) in [7, 11) is 1.57. The number of rotatable bonds is 4. The normalized spacial score (nSPS) is 19.1. The highest BCUT2D eigenvalue weighted by atomic mass is 19.1. The number of halogens is 1. The number of nitrogens with one attached hydrogen (secondary N) is 2. The third-order valence-electron chi connectivity index (χ3n) is 2.90. The number of primary amides is 1. The van der Waals surface area contributed by atoms with Crippen molar-refractivity contribution in [3.63, 3.8) is 0 Å². The van der Waals surface area contributed by atoms with Crippen molar-refractivity contribution < 1.29 is 18.7 Å². The molecule has 4 N–H and O–H groups in total. The molecule has 102 valence electrons. The maximum atomic E-state index is 13.0. The van der Waals surface area contributed by atoms with Crippen LogP contribution >= 0.6 is 0 Å². The summed E-state index contributed by atoms with van der Waals surface area (Å²) in [5.74, 6) is -1.10. The molecule has 2 rings (SSSR count). The fraction of sp³-hybridized carbons (Fsp3) is 0.333. The molecule has 0 saturated carbocycles. The van der Waals surface area contributed by atoms with Gasteiger partial charge in [0.25, 0.3) is 5.91 Å². The maximum absolute atomic E-state index is 13.0. The van der Waals surface area contributed by atoms with E-state index in [1.165, 1.54) is 18.2 Å². The van der Waals surface area contributed by atoms with E-state index in [1.54, 1.807) is 7.05 Å². The number of carbonyl (C=O) groups is 2. The zero-order valence-electron chi connectivity index (χ0n) is 10.3. The van der Waals surface area contributed by atoms with E-state index in [1.807, 2.05) is 0 Å². The van der Waals surface area contributed by atoms with E-state index in [2.05, 4.69) is 10.6 Å². The van der Waals surface area contributed by atoms with Crippen molar-refractivity contribution >= 4 is 17.5 Å². The molecule has 1 aromatic carbocycles. The molecule has 0 aromatic heterocycles. The highest BCUT2D eigenvalue weighted by Gasteiger charge is 2.31. The van der Waals surface area contributed by atoms with Crippen LogP contribution in [0.3, 0.4) is 0 Å². The number of benzene rings is 1. The summed E-state index contributed by atoms with van der Waals surface area (Å²) >= 11 is 0. The molecule has 2 atom stereocenters. The number of likely N-dealkylation sites (N-methyl/N-ethyl adjacent to an activating group) is 1. The Morgan fingerprint density at radius 2 is 2.37 bits per heavy atom. The second-order valence-electron chi connectivity index (χ2n) is 4.22. The molecule has 6 nitrogen and oxygen atoms in total. The highest BCUT2D eigenvalue weighted by Crippen LogP contribution is 2.31. The Bertz CT molecular complexity index is 521. The van der Waals surface area contributed by atoms with Gasteiger partial charge in [0.2, 0.25) is 5.91 Å². The highest BCUT2D eigenvalue weighted by molar-refractivity contribution is 5.98. The molecule has 19 heavy (non-hydrogen) atoms. The van der Waals surface area contributed by atoms with Crippen molar-refractivity contribution in [2.75, 3.05) is 12.4 Å². The SMILES string of the molecule is CNC(C[C@@H]1Oc2ccc(F)cc2NC1=O)C(N)=O. The van der Waals surface area contributed by atoms with Gasteiger partial charge in [-0.15, -0.1) is 0 Å². The number of nitrogens with two attached hydrogens (primary N) is 1. The lowest BCUT2D eigenvalue weighted by atomic mass is 10.1. The van der Waals surface area contributed by atoms with Crippen LogP contribution in [0.4, 0.5) is 10.1 Å². The Hall–Kier alpha value is -2.15. The topological polar surface area (TPSA) is 93.4 Å². The first-order valence-corrected chi connectivity index (χ1v) is 5.75. The molecule has 1 heterocycles. The molecular weight excluding hydrogens is 253 g/mol. The fourth-order valence-corrected chi connectivity index (χ4v) is 1.87. The average molecular weight is 267 g/mol. The number of carbonyl (C=O) groups excluding carboxylic acids is 2. The van der Waals surface area contributed by atoms with Crippen LogP contribution < -0.4 is 21.1 Å². The van der Waals surface area contributed by atoms with Gasteiger partial charge in [0.05, 0.1) is 11.7 Å². The van der Waals surface area contributed by atoms with E-state index in [9.17, 15) is 14.0 Å². The van der Waals surface area contributed by atoms with Crippen LogP contribution in [0.15, 0.2) is 18.2 Å². The molecule has 0 aliphatic carbocycles. The molecule has 1 aliphatic rings. The maximum Gasteiger partial charge on any atom is 0.265 e. The number of fused-ring (bicyclic) bond motifs is 1. The van der Waals surface area contributed by atoms with Crippen LogP contribution in [0.2, 0.25) is 0 Å². The minimum Gasteiger partial charge on any atom is -0.478 e. The largest absolute Gasteiger partial charge is 0.478 e. The van der Waals surface area contributed by atoms with Gasteiger partial charge in [0, 0.05) is 12.5 Å². The molecular formula is C12H14FN3O3. The van der Waals surface area contributed by atoms with Crippen LogP contribution in [-0.2, 0) is 9.59 Å². The van der Waals surface area contributed by atoms with Crippen LogP contribution in [0.5, 0.6) is 5.75 Å². The van der Waals surface area contributed by atoms with Gasteiger partial charge in [-0.25, -0.2) is 4.39 Å². The Labute approximate surface area is 109 Å². The van der Waals surface area contributed by atoms with Gasteiger partial charge in [-0.3, -0.25) is 9.59 Å². The van der Waals surface area contributed by atoms with Gasteiger partial charge >= 0.3 is 0 Å². The molecule has 0 spiro atoms. The molecule has 1 aromatic rings. The average Bonchev–Trinajstić information content (AvgIpc) is 2.35. The lowest BCUT2D eigenvalue weighted by Crippen LogP contribution is -2.47. The lowest BCUT2D eigenvalue weighted by molar-refractivity contribution is -0.125. The van der Waals surface area contributed by atoms with Crippen molar-refractivity contribution in [2.45, 2.75) is 18.6 Å². The molecule has 1 unspecified atom stereocenters. The van der Waals surface area contributed by atoms with Crippen molar-refractivity contribution in [3.8, 4) is 5.75 Å². The van der Waals surface area contributed by atoms with Crippen molar-refractivity contribution in [1.82, 2.24) is 5.32 Å². The van der Waals surface area contributed by atoms with E-state index < -0.39 is 29.8 Å². The summed E-state index contributed by atoms with van der Waals surface area (Å²) in [4.78, 5) is 22.9. The quantitative estimate of drug-likeness (QED) is 0.715. The molecule has 0 fully saturated rings. The second kappa shape index (κ2) is 5.23. The minimum atomic E-state index is -0.845. The van der Waals surface area contributed by atoms with Crippen LogP contribution in [0.25, 0.3) is 0 Å². The van der Waals surface area contributed by atoms with Crippen LogP contribution in [-0.4, -0.2) is 31.0 Å². The van der Waals surface area contributed by atoms with Gasteiger partial charge < -0.3 is 21.1 Å². The number of anilines is 1. The van der Waals surface area contributed by atoms with E-state index in [-0.39, 0.29) is 12.1 Å². The summed E-state index contributed by atoms with van der Waals surface area (Å²) < 4.78 is 18.5. The van der Waals surface area contributed by atoms with Gasteiger partial charge in [-0.2, -0.15) is 0 Å². The van der Waals surface area contributed by atoms with Gasteiger partial charge in [0.15, 0.2) is 6.10 Å². The number of hydrogen-bond acceptors (Lipinski definition) is 4. The monoisotopic (exact) mass is 267 g/mol. The standard InChI is InChI=1S/C12H14FN3O3/c1-15-8(11(14)17)5-10-12(18)16-7-4-6(13)2-3-9(7)19-10/h2-4,8,10,15H,5H2,1H3,(H2,14,17)(H,16,18)/t8?,10-/m0/s1. The van der Waals surface area contributed by atoms with Crippen molar-refractivity contribution in [3.05, 3.63) is 24.0 Å². The third-order valence-corrected chi connectivity index (χ3v) is 2.90. The van der Waals surface area contributed by atoms with Gasteiger partial charge in [0.1, 0.15) is 11.6 Å². The molecule has 0 bridgehead atoms. The zero-order chi connectivity index (χ0) is 14.0. The van der Waals surface area contributed by atoms with Gasteiger partial charge in [-0.1, -0.05) is 0 Å². The molecule has 0 saturated heterocycles. The molecule has 1 aliphatic heterocycles. The Morgan fingerprint density at radius 3 is 3.00 bits per heavy atom. The minimum absolute atomic E-state index is 0.106. The lowest BCUT2D eigenvalue weighted by Gasteiger charge is -2.27. The van der Waals surface area contributed by atoms with E-state index in [0.717, 1.165) is 0 Å². The summed E-state index contributed by atoms with van der Waals surface area (Å²) in [6, 6.07) is 3.16. The van der Waals surface area contributed by atoms with Crippen molar-refractivity contribution in [2.24, 2.45) is 5.73 Å². The van der Waals surface area contributed by atoms with Gasteiger partial charge in [-0.05, 0) is 19.2 Å². The predicted octanol–water partition coefficient (Wildman–Crippen LogP) is -0.0114. The number of hydrogen-bond donors (Lipinski definition) is 3. The number of ether oxygens (including phenoxy) is 1. The van der Waals surface area contributed by atoms with Crippen molar-refractivity contribution in [1.29, 1.82) is 0 Å². The smallest absolute Gasteiger partial charge is 0.265 e. The molecule has 7 heteroatoms. The van der Waals surface area contributed by atoms with Crippen LogP contribution in [0.1, 0.15) is 6.42 Å². The van der Waals surface area contributed by atoms with Crippen LogP contribution in [0, 0.1) is 5.82 Å². The first-order valence-electron chi connectivity index (χ1n) is 5.75. The first kappa shape index (κ1) is 13.3. The van der Waals surface area contributed by atoms with E-state index in [0.29, 0.717) is 5.75 Å².